The molecule has 3 N–H and O–H groups in total. The van der Waals surface area contributed by atoms with Gasteiger partial charge in [0.05, 0.1) is 11.4 Å². The predicted molar refractivity (Wildman–Crippen MR) is 71.7 cm³/mol. The van der Waals surface area contributed by atoms with Crippen molar-refractivity contribution in [2.75, 3.05) is 31.2 Å². The van der Waals surface area contributed by atoms with Crippen molar-refractivity contribution in [3.8, 4) is 0 Å². The summed E-state index contributed by atoms with van der Waals surface area (Å²) in [6, 6.07) is 8.50. The van der Waals surface area contributed by atoms with Gasteiger partial charge in [0.2, 0.25) is 0 Å². The Kier molecular flexibility index (Phi) is 5.12. The summed E-state index contributed by atoms with van der Waals surface area (Å²) in [7, 11) is 2.15. The zero-order valence-electron chi connectivity index (χ0n) is 10.5. The molecule has 3 nitrogen and oxygen atoms in total. The van der Waals surface area contributed by atoms with Gasteiger partial charge in [-0.05, 0) is 46.0 Å². The highest BCUT2D eigenvalue weighted by atomic mass is 15.1. The Labute approximate surface area is 98.6 Å². The Morgan fingerprint density at radius 1 is 1.31 bits per heavy atom. The second-order valence-electron chi connectivity index (χ2n) is 4.44. The van der Waals surface area contributed by atoms with Gasteiger partial charge in [0.15, 0.2) is 0 Å². The van der Waals surface area contributed by atoms with Gasteiger partial charge in [0.1, 0.15) is 0 Å². The number of nitrogens with two attached hydrogens (primary N) is 1. The lowest BCUT2D eigenvalue weighted by Gasteiger charge is -2.21. The standard InChI is InChI=1S/C13H23N3/c1-11(2)16(3)10-6-9-15-13-8-5-4-7-12(13)14/h4-5,7-8,11,15H,6,9-10,14H2,1-3H3. The Morgan fingerprint density at radius 3 is 2.62 bits per heavy atom. The Balaban J connectivity index is 2.24. The summed E-state index contributed by atoms with van der Waals surface area (Å²) in [6.07, 6.45) is 1.13. The van der Waals surface area contributed by atoms with Crippen molar-refractivity contribution < 1.29 is 0 Å². The molecule has 0 amide bonds. The van der Waals surface area contributed by atoms with Crippen molar-refractivity contribution in [3.63, 3.8) is 0 Å². The molecule has 0 aliphatic rings. The third-order valence-electron chi connectivity index (χ3n) is 2.85. The van der Waals surface area contributed by atoms with Gasteiger partial charge in [0.25, 0.3) is 0 Å². The minimum absolute atomic E-state index is 0.613. The molecule has 0 aliphatic heterocycles. The van der Waals surface area contributed by atoms with E-state index in [0.29, 0.717) is 6.04 Å². The van der Waals surface area contributed by atoms with Crippen molar-refractivity contribution in [2.24, 2.45) is 0 Å². The van der Waals surface area contributed by atoms with Crippen LogP contribution in [0.2, 0.25) is 0 Å². The van der Waals surface area contributed by atoms with Crippen LogP contribution in [0.3, 0.4) is 0 Å². The number of benzene rings is 1. The second-order valence-corrected chi connectivity index (χ2v) is 4.44. The molecule has 1 aromatic rings. The van der Waals surface area contributed by atoms with Crippen molar-refractivity contribution in [2.45, 2.75) is 26.3 Å². The average Bonchev–Trinajstić information content (AvgIpc) is 2.26. The zero-order chi connectivity index (χ0) is 12.0. The van der Waals surface area contributed by atoms with E-state index < -0.39 is 0 Å². The Morgan fingerprint density at radius 2 is 2.00 bits per heavy atom. The van der Waals surface area contributed by atoms with E-state index in [-0.39, 0.29) is 0 Å². The van der Waals surface area contributed by atoms with Gasteiger partial charge in [-0.25, -0.2) is 0 Å². The van der Waals surface area contributed by atoms with Crippen LogP contribution in [0.4, 0.5) is 11.4 Å². The third kappa shape index (κ3) is 4.11. The van der Waals surface area contributed by atoms with E-state index in [4.69, 9.17) is 5.73 Å². The van der Waals surface area contributed by atoms with E-state index in [1.54, 1.807) is 0 Å². The predicted octanol–water partition coefficient (Wildman–Crippen LogP) is 2.41. The SMILES string of the molecule is CC(C)N(C)CCCNc1ccccc1N. The highest BCUT2D eigenvalue weighted by Crippen LogP contribution is 2.16. The Bertz CT molecular complexity index is 310. The summed E-state index contributed by atoms with van der Waals surface area (Å²) < 4.78 is 0. The van der Waals surface area contributed by atoms with Gasteiger partial charge < -0.3 is 16.0 Å². The maximum atomic E-state index is 5.84. The summed E-state index contributed by atoms with van der Waals surface area (Å²) in [6.45, 7) is 6.49. The first kappa shape index (κ1) is 12.8. The van der Waals surface area contributed by atoms with Crippen LogP contribution in [0.5, 0.6) is 0 Å². The van der Waals surface area contributed by atoms with E-state index in [0.717, 1.165) is 30.9 Å². The highest BCUT2D eigenvalue weighted by Gasteiger charge is 2.02. The molecule has 90 valence electrons. The lowest BCUT2D eigenvalue weighted by molar-refractivity contribution is 0.273. The van der Waals surface area contributed by atoms with Gasteiger partial charge in [-0.3, -0.25) is 0 Å². The molecule has 0 atom stereocenters. The van der Waals surface area contributed by atoms with Crippen molar-refractivity contribution in [3.05, 3.63) is 24.3 Å². The molecule has 0 aromatic heterocycles. The molecule has 1 aromatic carbocycles. The number of rotatable bonds is 6. The summed E-state index contributed by atoms with van der Waals surface area (Å²) >= 11 is 0. The number of nitrogens with zero attached hydrogens (tertiary/aromatic N) is 1. The van der Waals surface area contributed by atoms with E-state index in [1.807, 2.05) is 24.3 Å². The van der Waals surface area contributed by atoms with Gasteiger partial charge in [0, 0.05) is 12.6 Å². The largest absolute Gasteiger partial charge is 0.397 e. The number of para-hydroxylation sites is 2. The smallest absolute Gasteiger partial charge is 0.0573 e. The van der Waals surface area contributed by atoms with Crippen LogP contribution in [0.15, 0.2) is 24.3 Å². The molecule has 0 spiro atoms. The van der Waals surface area contributed by atoms with E-state index in [2.05, 4.69) is 31.1 Å². The first-order chi connectivity index (χ1) is 7.61. The van der Waals surface area contributed by atoms with Crippen LogP contribution in [0.1, 0.15) is 20.3 Å². The fraction of sp³-hybridized carbons (Fsp3) is 0.538. The average molecular weight is 221 g/mol. The Hall–Kier alpha value is -1.22. The number of nitrogen functional groups attached to an aromatic ring is 1. The number of hydrogen-bond acceptors (Lipinski definition) is 3. The van der Waals surface area contributed by atoms with Gasteiger partial charge in [-0.15, -0.1) is 0 Å². The van der Waals surface area contributed by atoms with Crippen LogP contribution in [0, 0.1) is 0 Å². The van der Waals surface area contributed by atoms with Crippen LogP contribution >= 0.6 is 0 Å². The topological polar surface area (TPSA) is 41.3 Å². The molecule has 1 rings (SSSR count). The van der Waals surface area contributed by atoms with Gasteiger partial charge in [-0.2, -0.15) is 0 Å². The molecule has 0 fully saturated rings. The normalized spacial score (nSPS) is 11.1. The fourth-order valence-corrected chi connectivity index (χ4v) is 1.47. The molecule has 0 bridgehead atoms. The zero-order valence-corrected chi connectivity index (χ0v) is 10.5. The lowest BCUT2D eigenvalue weighted by Crippen LogP contribution is -2.28. The lowest BCUT2D eigenvalue weighted by atomic mass is 10.2. The van der Waals surface area contributed by atoms with Crippen molar-refractivity contribution >= 4 is 11.4 Å². The van der Waals surface area contributed by atoms with Crippen LogP contribution in [-0.4, -0.2) is 31.1 Å². The summed E-state index contributed by atoms with van der Waals surface area (Å²) in [4.78, 5) is 2.34. The molecule has 0 heterocycles. The number of anilines is 2. The van der Waals surface area contributed by atoms with E-state index >= 15 is 0 Å². The molecule has 0 aliphatic carbocycles. The third-order valence-corrected chi connectivity index (χ3v) is 2.85. The second kappa shape index (κ2) is 6.38. The van der Waals surface area contributed by atoms with E-state index in [9.17, 15) is 0 Å². The molecule has 16 heavy (non-hydrogen) atoms. The quantitative estimate of drug-likeness (QED) is 0.572. The minimum atomic E-state index is 0.613. The maximum absolute atomic E-state index is 5.84. The highest BCUT2D eigenvalue weighted by molar-refractivity contribution is 5.65. The van der Waals surface area contributed by atoms with Crippen LogP contribution in [-0.2, 0) is 0 Å². The minimum Gasteiger partial charge on any atom is -0.397 e. The number of nitrogens with one attached hydrogen (secondary N) is 1. The van der Waals surface area contributed by atoms with Crippen LogP contribution < -0.4 is 11.1 Å². The van der Waals surface area contributed by atoms with Crippen LogP contribution in [0.25, 0.3) is 0 Å². The first-order valence-electron chi connectivity index (χ1n) is 5.90. The molecule has 0 unspecified atom stereocenters. The molecular weight excluding hydrogens is 198 g/mol. The molecule has 3 heteroatoms. The van der Waals surface area contributed by atoms with Gasteiger partial charge in [-0.1, -0.05) is 12.1 Å². The monoisotopic (exact) mass is 221 g/mol. The number of hydrogen-bond donors (Lipinski definition) is 2. The summed E-state index contributed by atoms with van der Waals surface area (Å²) in [5.41, 5.74) is 7.69. The molecule has 0 saturated carbocycles. The van der Waals surface area contributed by atoms with Crippen molar-refractivity contribution in [1.82, 2.24) is 4.90 Å². The summed E-state index contributed by atoms with van der Waals surface area (Å²) in [5, 5.41) is 3.36. The molecular formula is C13H23N3. The molecule has 0 saturated heterocycles. The first-order valence-corrected chi connectivity index (χ1v) is 5.90. The van der Waals surface area contributed by atoms with E-state index in [1.165, 1.54) is 0 Å². The summed E-state index contributed by atoms with van der Waals surface area (Å²) in [5.74, 6) is 0. The maximum Gasteiger partial charge on any atom is 0.0573 e. The van der Waals surface area contributed by atoms with Gasteiger partial charge >= 0.3 is 0 Å². The van der Waals surface area contributed by atoms with Crippen molar-refractivity contribution in [1.29, 1.82) is 0 Å². The molecule has 0 radical (unpaired) electrons. The fourth-order valence-electron chi connectivity index (χ4n) is 1.47.